The lowest BCUT2D eigenvalue weighted by atomic mass is 9.83. The first-order chi connectivity index (χ1) is 13.1. The Morgan fingerprint density at radius 3 is 2.70 bits per heavy atom. The van der Waals surface area contributed by atoms with Crippen LogP contribution >= 0.6 is 0 Å². The lowest BCUT2D eigenvalue weighted by molar-refractivity contribution is -0.0276. The van der Waals surface area contributed by atoms with E-state index in [1.165, 1.54) is 0 Å². The Hall–Kier alpha value is -2.74. The fourth-order valence-corrected chi connectivity index (χ4v) is 3.88. The number of aryl methyl sites for hydroxylation is 1. The zero-order valence-corrected chi connectivity index (χ0v) is 15.5. The second-order valence-corrected chi connectivity index (χ2v) is 7.48. The second kappa shape index (κ2) is 7.11. The van der Waals surface area contributed by atoms with Gasteiger partial charge in [-0.25, -0.2) is 0 Å². The normalized spacial score (nSPS) is 16.9. The Morgan fingerprint density at radius 2 is 1.93 bits per heavy atom. The molecule has 1 aliphatic rings. The minimum atomic E-state index is -0.788. The summed E-state index contributed by atoms with van der Waals surface area (Å²) in [6.07, 6.45) is 1.41. The number of nitrogens with zero attached hydrogens (tertiary/aromatic N) is 3. The van der Waals surface area contributed by atoms with Gasteiger partial charge in [-0.3, -0.25) is 9.88 Å². The molecular formula is C23H23N3O. The fourth-order valence-electron chi connectivity index (χ4n) is 3.88. The summed E-state index contributed by atoms with van der Waals surface area (Å²) < 4.78 is 0. The summed E-state index contributed by atoms with van der Waals surface area (Å²) in [6, 6.07) is 20.1. The zero-order valence-electron chi connectivity index (χ0n) is 15.5. The molecule has 0 amide bonds. The molecule has 0 aliphatic carbocycles. The Kier molecular flexibility index (Phi) is 4.65. The fraction of sp³-hybridized carbons (Fsp3) is 0.304. The molecule has 0 unspecified atom stereocenters. The van der Waals surface area contributed by atoms with Crippen LogP contribution in [0.1, 0.15) is 35.2 Å². The Labute approximate surface area is 159 Å². The summed E-state index contributed by atoms with van der Waals surface area (Å²) in [7, 11) is 0. The minimum Gasteiger partial charge on any atom is -0.385 e. The third-order valence-electron chi connectivity index (χ3n) is 5.51. The van der Waals surface area contributed by atoms with Crippen LogP contribution in [-0.2, 0) is 12.1 Å². The number of pyridine rings is 1. The number of benzene rings is 2. The summed E-state index contributed by atoms with van der Waals surface area (Å²) in [5.41, 5.74) is 4.00. The van der Waals surface area contributed by atoms with Crippen molar-refractivity contribution in [2.45, 2.75) is 31.9 Å². The van der Waals surface area contributed by atoms with E-state index in [1.807, 2.05) is 43.3 Å². The van der Waals surface area contributed by atoms with Crippen LogP contribution in [0.4, 0.5) is 0 Å². The Bertz CT molecular complexity index is 1010. The van der Waals surface area contributed by atoms with E-state index >= 15 is 0 Å². The molecule has 1 N–H and O–H groups in total. The van der Waals surface area contributed by atoms with Gasteiger partial charge in [0.25, 0.3) is 0 Å². The molecule has 1 fully saturated rings. The summed E-state index contributed by atoms with van der Waals surface area (Å²) in [5, 5.41) is 21.4. The van der Waals surface area contributed by atoms with E-state index in [1.54, 1.807) is 0 Å². The van der Waals surface area contributed by atoms with E-state index in [0.717, 1.165) is 47.4 Å². The van der Waals surface area contributed by atoms with Gasteiger partial charge in [-0.1, -0.05) is 24.3 Å². The van der Waals surface area contributed by atoms with E-state index in [-0.39, 0.29) is 0 Å². The molecule has 136 valence electrons. The van der Waals surface area contributed by atoms with Crippen molar-refractivity contribution in [3.05, 3.63) is 77.0 Å². The van der Waals surface area contributed by atoms with E-state index in [0.29, 0.717) is 18.4 Å². The number of rotatable bonds is 3. The first-order valence-electron chi connectivity index (χ1n) is 9.37. The maximum absolute atomic E-state index is 11.2. The maximum Gasteiger partial charge on any atom is 0.0991 e. The van der Waals surface area contributed by atoms with E-state index in [9.17, 15) is 5.11 Å². The average molecular weight is 357 g/mol. The molecule has 0 atom stereocenters. The molecule has 0 spiro atoms. The Morgan fingerprint density at radius 1 is 1.11 bits per heavy atom. The van der Waals surface area contributed by atoms with Gasteiger partial charge in [-0.15, -0.1) is 0 Å². The highest BCUT2D eigenvalue weighted by atomic mass is 16.3. The molecule has 0 saturated carbocycles. The zero-order chi connectivity index (χ0) is 18.9. The molecule has 3 aromatic rings. The van der Waals surface area contributed by atoms with Crippen molar-refractivity contribution >= 4 is 10.9 Å². The number of likely N-dealkylation sites (tertiary alicyclic amines) is 1. The molecule has 1 aliphatic heterocycles. The van der Waals surface area contributed by atoms with Gasteiger partial charge in [-0.05, 0) is 61.2 Å². The van der Waals surface area contributed by atoms with E-state index in [2.05, 4.69) is 34.2 Å². The van der Waals surface area contributed by atoms with Crippen LogP contribution in [0.2, 0.25) is 0 Å². The molecule has 27 heavy (non-hydrogen) atoms. The molecule has 0 radical (unpaired) electrons. The molecular weight excluding hydrogens is 334 g/mol. The highest BCUT2D eigenvalue weighted by molar-refractivity contribution is 5.79. The lowest BCUT2D eigenvalue weighted by Gasteiger charge is -2.38. The van der Waals surface area contributed by atoms with Gasteiger partial charge in [0.05, 0.1) is 22.8 Å². The van der Waals surface area contributed by atoms with Crippen LogP contribution < -0.4 is 0 Å². The number of piperidine rings is 1. The topological polar surface area (TPSA) is 60.1 Å². The van der Waals surface area contributed by atoms with Gasteiger partial charge in [0, 0.05) is 30.7 Å². The number of aliphatic hydroxyl groups is 1. The standard InChI is InChI=1S/C23H23N3O/c1-17-5-6-20-14-21(7-8-22(20)25-17)23(27)9-11-26(12-10-23)16-19-4-2-3-18(13-19)15-24/h2-8,13-14,27H,9-12,16H2,1H3. The molecule has 4 rings (SSSR count). The van der Waals surface area contributed by atoms with E-state index < -0.39 is 5.60 Å². The number of fused-ring (bicyclic) bond motifs is 1. The average Bonchev–Trinajstić information content (AvgIpc) is 2.69. The van der Waals surface area contributed by atoms with Crippen LogP contribution in [0.15, 0.2) is 54.6 Å². The number of hydrogen-bond acceptors (Lipinski definition) is 4. The first-order valence-corrected chi connectivity index (χ1v) is 9.37. The van der Waals surface area contributed by atoms with Crippen molar-refractivity contribution in [2.24, 2.45) is 0 Å². The first kappa shape index (κ1) is 17.7. The molecule has 4 heteroatoms. The van der Waals surface area contributed by atoms with Crippen LogP contribution in [0.5, 0.6) is 0 Å². The predicted molar refractivity (Wildman–Crippen MR) is 106 cm³/mol. The molecule has 2 heterocycles. The molecule has 4 nitrogen and oxygen atoms in total. The van der Waals surface area contributed by atoms with Crippen molar-refractivity contribution < 1.29 is 5.11 Å². The Balaban J connectivity index is 1.47. The monoisotopic (exact) mass is 357 g/mol. The number of nitriles is 1. The van der Waals surface area contributed by atoms with Gasteiger partial charge in [0.1, 0.15) is 0 Å². The third kappa shape index (κ3) is 3.71. The number of hydrogen-bond donors (Lipinski definition) is 1. The van der Waals surface area contributed by atoms with Crippen molar-refractivity contribution in [3.63, 3.8) is 0 Å². The predicted octanol–water partition coefficient (Wildman–Crippen LogP) is 3.90. The SMILES string of the molecule is Cc1ccc2cc(C3(O)CCN(Cc4cccc(C#N)c4)CC3)ccc2n1. The third-order valence-corrected chi connectivity index (χ3v) is 5.51. The van der Waals surface area contributed by atoms with Crippen LogP contribution in [0.3, 0.4) is 0 Å². The highest BCUT2D eigenvalue weighted by Gasteiger charge is 2.34. The van der Waals surface area contributed by atoms with Crippen molar-refractivity contribution in [3.8, 4) is 6.07 Å². The van der Waals surface area contributed by atoms with Crippen LogP contribution in [0, 0.1) is 18.3 Å². The number of aromatic nitrogens is 1. The highest BCUT2D eigenvalue weighted by Crippen LogP contribution is 2.34. The summed E-state index contributed by atoms with van der Waals surface area (Å²) in [5.74, 6) is 0. The lowest BCUT2D eigenvalue weighted by Crippen LogP contribution is -2.42. The molecule has 2 aromatic carbocycles. The molecule has 1 aromatic heterocycles. The largest absolute Gasteiger partial charge is 0.385 e. The van der Waals surface area contributed by atoms with Gasteiger partial charge >= 0.3 is 0 Å². The smallest absolute Gasteiger partial charge is 0.0991 e. The second-order valence-electron chi connectivity index (χ2n) is 7.48. The van der Waals surface area contributed by atoms with Crippen molar-refractivity contribution in [1.29, 1.82) is 5.26 Å². The van der Waals surface area contributed by atoms with Gasteiger partial charge in [0.2, 0.25) is 0 Å². The van der Waals surface area contributed by atoms with Crippen molar-refractivity contribution in [2.75, 3.05) is 13.1 Å². The van der Waals surface area contributed by atoms with E-state index in [4.69, 9.17) is 5.26 Å². The molecule has 1 saturated heterocycles. The van der Waals surface area contributed by atoms with Gasteiger partial charge in [-0.2, -0.15) is 5.26 Å². The van der Waals surface area contributed by atoms with Crippen LogP contribution in [0.25, 0.3) is 10.9 Å². The minimum absolute atomic E-state index is 0.695. The summed E-state index contributed by atoms with van der Waals surface area (Å²) in [4.78, 5) is 6.89. The van der Waals surface area contributed by atoms with Crippen molar-refractivity contribution in [1.82, 2.24) is 9.88 Å². The molecule has 0 bridgehead atoms. The van der Waals surface area contributed by atoms with Gasteiger partial charge in [0.15, 0.2) is 0 Å². The summed E-state index contributed by atoms with van der Waals surface area (Å²) in [6.45, 7) is 4.46. The maximum atomic E-state index is 11.2. The summed E-state index contributed by atoms with van der Waals surface area (Å²) >= 11 is 0. The van der Waals surface area contributed by atoms with Crippen LogP contribution in [-0.4, -0.2) is 28.1 Å². The quantitative estimate of drug-likeness (QED) is 0.772. The van der Waals surface area contributed by atoms with Gasteiger partial charge < -0.3 is 5.11 Å².